The van der Waals surface area contributed by atoms with Crippen LogP contribution in [0.5, 0.6) is 0 Å². The number of nitrogens with one attached hydrogen (secondary N) is 1. The summed E-state index contributed by atoms with van der Waals surface area (Å²) in [5.74, 6) is -1.81. The molecule has 1 fully saturated rings. The molecule has 2 N–H and O–H groups in total. The molecule has 0 aliphatic carbocycles. The first kappa shape index (κ1) is 18.4. The highest BCUT2D eigenvalue weighted by Crippen LogP contribution is 2.16. The van der Waals surface area contributed by atoms with E-state index < -0.39 is 17.8 Å². The van der Waals surface area contributed by atoms with E-state index in [-0.39, 0.29) is 18.7 Å². The molecule has 2 atom stereocenters. The number of carboxylic acid groups (broad SMARTS) is 1. The predicted molar refractivity (Wildman–Crippen MR) is 89.2 cm³/mol. The normalized spacial score (nSPS) is 19.7. The van der Waals surface area contributed by atoms with Crippen LogP contribution in [-0.4, -0.2) is 47.1 Å². The summed E-state index contributed by atoms with van der Waals surface area (Å²) in [7, 11) is 0. The highest BCUT2D eigenvalue weighted by atomic mass is 19.1. The molecule has 24 heavy (non-hydrogen) atoms. The van der Waals surface area contributed by atoms with Crippen LogP contribution < -0.4 is 5.32 Å². The van der Waals surface area contributed by atoms with Crippen molar-refractivity contribution in [3.05, 3.63) is 35.6 Å². The van der Waals surface area contributed by atoms with E-state index in [4.69, 9.17) is 0 Å². The van der Waals surface area contributed by atoms with Gasteiger partial charge in [0.1, 0.15) is 11.9 Å². The number of hydrogen-bond acceptors (Lipinski definition) is 3. The SMILES string of the molecule is CC1CCCCN1CCC(=O)NC(Cc1cccc(F)c1)C(=O)O. The van der Waals surface area contributed by atoms with E-state index in [1.54, 1.807) is 6.07 Å². The summed E-state index contributed by atoms with van der Waals surface area (Å²) in [5.41, 5.74) is 0.548. The number of hydrogen-bond donors (Lipinski definition) is 2. The molecule has 0 aromatic heterocycles. The largest absolute Gasteiger partial charge is 0.480 e. The van der Waals surface area contributed by atoms with Crippen LogP contribution in [-0.2, 0) is 16.0 Å². The average Bonchev–Trinajstić information content (AvgIpc) is 2.53. The van der Waals surface area contributed by atoms with Crippen LogP contribution in [0.15, 0.2) is 24.3 Å². The lowest BCUT2D eigenvalue weighted by molar-refractivity contribution is -0.141. The number of carbonyl (C=O) groups is 2. The van der Waals surface area contributed by atoms with Gasteiger partial charge in [0.25, 0.3) is 0 Å². The van der Waals surface area contributed by atoms with Gasteiger partial charge in [0.05, 0.1) is 0 Å². The molecule has 1 aliphatic heterocycles. The molecule has 1 amide bonds. The Labute approximate surface area is 141 Å². The Morgan fingerprint density at radius 2 is 2.21 bits per heavy atom. The van der Waals surface area contributed by atoms with E-state index in [1.165, 1.54) is 24.6 Å². The summed E-state index contributed by atoms with van der Waals surface area (Å²) in [6, 6.07) is 5.20. The summed E-state index contributed by atoms with van der Waals surface area (Å²) in [5, 5.41) is 11.8. The van der Waals surface area contributed by atoms with Gasteiger partial charge in [-0.05, 0) is 44.0 Å². The van der Waals surface area contributed by atoms with E-state index in [1.807, 2.05) is 0 Å². The second-order valence-electron chi connectivity index (χ2n) is 6.42. The molecule has 1 heterocycles. The average molecular weight is 336 g/mol. The van der Waals surface area contributed by atoms with Gasteiger partial charge in [-0.2, -0.15) is 0 Å². The fourth-order valence-electron chi connectivity index (χ4n) is 3.10. The number of piperidine rings is 1. The van der Waals surface area contributed by atoms with Gasteiger partial charge in [0, 0.05) is 25.4 Å². The van der Waals surface area contributed by atoms with Crippen LogP contribution >= 0.6 is 0 Å². The van der Waals surface area contributed by atoms with E-state index in [0.717, 1.165) is 19.4 Å². The fourth-order valence-corrected chi connectivity index (χ4v) is 3.10. The third-order valence-electron chi connectivity index (χ3n) is 4.53. The number of carbonyl (C=O) groups excluding carboxylic acids is 1. The number of aliphatic carboxylic acids is 1. The zero-order chi connectivity index (χ0) is 17.5. The van der Waals surface area contributed by atoms with Gasteiger partial charge in [0.15, 0.2) is 0 Å². The van der Waals surface area contributed by atoms with Crippen LogP contribution in [0.1, 0.15) is 38.2 Å². The Kier molecular flexibility index (Phi) is 6.73. The number of amides is 1. The minimum absolute atomic E-state index is 0.0684. The van der Waals surface area contributed by atoms with Crippen molar-refractivity contribution in [1.29, 1.82) is 0 Å². The van der Waals surface area contributed by atoms with Gasteiger partial charge in [0.2, 0.25) is 5.91 Å². The molecule has 1 aromatic carbocycles. The van der Waals surface area contributed by atoms with Crippen molar-refractivity contribution in [3.8, 4) is 0 Å². The van der Waals surface area contributed by atoms with Crippen molar-refractivity contribution in [3.63, 3.8) is 0 Å². The Balaban J connectivity index is 1.85. The summed E-state index contributed by atoms with van der Waals surface area (Å²) < 4.78 is 13.2. The smallest absolute Gasteiger partial charge is 0.326 e. The first-order chi connectivity index (χ1) is 11.5. The molecule has 0 bridgehead atoms. The zero-order valence-electron chi connectivity index (χ0n) is 14.0. The quantitative estimate of drug-likeness (QED) is 0.801. The summed E-state index contributed by atoms with van der Waals surface area (Å²) in [6.45, 7) is 3.78. The van der Waals surface area contributed by atoms with Crippen molar-refractivity contribution in [2.45, 2.75) is 51.1 Å². The maximum atomic E-state index is 13.2. The molecule has 5 nitrogen and oxygen atoms in total. The molecule has 0 spiro atoms. The lowest BCUT2D eigenvalue weighted by Crippen LogP contribution is -2.44. The van der Waals surface area contributed by atoms with Gasteiger partial charge in [-0.1, -0.05) is 18.6 Å². The highest BCUT2D eigenvalue weighted by molar-refractivity contribution is 5.83. The van der Waals surface area contributed by atoms with Gasteiger partial charge in [-0.3, -0.25) is 4.79 Å². The Bertz CT molecular complexity index is 579. The monoisotopic (exact) mass is 336 g/mol. The molecular weight excluding hydrogens is 311 g/mol. The molecule has 132 valence electrons. The molecule has 1 aliphatic rings. The van der Waals surface area contributed by atoms with Crippen LogP contribution in [0.3, 0.4) is 0 Å². The number of carboxylic acids is 1. The number of nitrogens with zero attached hydrogens (tertiary/aromatic N) is 1. The Hall–Kier alpha value is -1.95. The number of rotatable bonds is 7. The fraction of sp³-hybridized carbons (Fsp3) is 0.556. The molecule has 1 saturated heterocycles. The first-order valence-corrected chi connectivity index (χ1v) is 8.46. The van der Waals surface area contributed by atoms with Gasteiger partial charge < -0.3 is 15.3 Å². The molecule has 6 heteroatoms. The number of likely N-dealkylation sites (tertiary alicyclic amines) is 1. The highest BCUT2D eigenvalue weighted by Gasteiger charge is 2.22. The molecular formula is C18H25FN2O3. The molecule has 0 saturated carbocycles. The second kappa shape index (κ2) is 8.78. The molecule has 2 rings (SSSR count). The summed E-state index contributed by atoms with van der Waals surface area (Å²) >= 11 is 0. The summed E-state index contributed by atoms with van der Waals surface area (Å²) in [6.07, 6.45) is 3.84. The third-order valence-corrected chi connectivity index (χ3v) is 4.53. The second-order valence-corrected chi connectivity index (χ2v) is 6.42. The van der Waals surface area contributed by atoms with Crippen LogP contribution in [0.4, 0.5) is 4.39 Å². The van der Waals surface area contributed by atoms with Gasteiger partial charge >= 0.3 is 5.97 Å². The minimum Gasteiger partial charge on any atom is -0.480 e. The van der Waals surface area contributed by atoms with E-state index >= 15 is 0 Å². The Morgan fingerprint density at radius 3 is 2.88 bits per heavy atom. The van der Waals surface area contributed by atoms with Gasteiger partial charge in [-0.25, -0.2) is 9.18 Å². The summed E-state index contributed by atoms with van der Waals surface area (Å²) in [4.78, 5) is 25.7. The van der Waals surface area contributed by atoms with Crippen molar-refractivity contribution >= 4 is 11.9 Å². The van der Waals surface area contributed by atoms with Crippen molar-refractivity contribution < 1.29 is 19.1 Å². The number of halogens is 1. The Morgan fingerprint density at radius 1 is 1.42 bits per heavy atom. The topological polar surface area (TPSA) is 69.6 Å². The lowest BCUT2D eigenvalue weighted by Gasteiger charge is -2.33. The predicted octanol–water partition coefficient (Wildman–Crippen LogP) is 2.20. The van der Waals surface area contributed by atoms with Gasteiger partial charge in [-0.15, -0.1) is 0 Å². The maximum absolute atomic E-state index is 13.2. The maximum Gasteiger partial charge on any atom is 0.326 e. The molecule has 0 radical (unpaired) electrons. The van der Waals surface area contributed by atoms with Crippen molar-refractivity contribution in [2.24, 2.45) is 0 Å². The lowest BCUT2D eigenvalue weighted by atomic mass is 10.0. The first-order valence-electron chi connectivity index (χ1n) is 8.46. The number of benzene rings is 1. The van der Waals surface area contributed by atoms with E-state index in [2.05, 4.69) is 17.1 Å². The van der Waals surface area contributed by atoms with Crippen LogP contribution in [0.2, 0.25) is 0 Å². The van der Waals surface area contributed by atoms with Crippen molar-refractivity contribution in [1.82, 2.24) is 10.2 Å². The standard InChI is InChI=1S/C18H25FN2O3/c1-13-5-2-3-9-21(13)10-8-17(22)20-16(18(23)24)12-14-6-4-7-15(19)11-14/h4,6-7,11,13,16H,2-3,5,8-10,12H2,1H3,(H,20,22)(H,23,24). The van der Waals surface area contributed by atoms with Crippen LogP contribution in [0.25, 0.3) is 0 Å². The van der Waals surface area contributed by atoms with Crippen LogP contribution in [0, 0.1) is 5.82 Å². The van der Waals surface area contributed by atoms with E-state index in [9.17, 15) is 19.1 Å². The van der Waals surface area contributed by atoms with E-state index in [0.29, 0.717) is 18.2 Å². The minimum atomic E-state index is -1.11. The third kappa shape index (κ3) is 5.60. The molecule has 2 unspecified atom stereocenters. The zero-order valence-corrected chi connectivity index (χ0v) is 14.0. The van der Waals surface area contributed by atoms with Crippen molar-refractivity contribution in [2.75, 3.05) is 13.1 Å². The molecule has 1 aromatic rings.